The molecule has 1 aromatic carbocycles. The number of rotatable bonds is 3. The lowest BCUT2D eigenvalue weighted by molar-refractivity contribution is -0.122. The van der Waals surface area contributed by atoms with E-state index < -0.39 is 21.8 Å². The fourth-order valence-corrected chi connectivity index (χ4v) is 4.28. The molecule has 2 amide bonds. The van der Waals surface area contributed by atoms with Crippen LogP contribution < -0.4 is 5.73 Å². The first-order valence-corrected chi connectivity index (χ1v) is 9.02. The van der Waals surface area contributed by atoms with Gasteiger partial charge in [0.25, 0.3) is 5.91 Å². The van der Waals surface area contributed by atoms with Gasteiger partial charge in [-0.2, -0.15) is 0 Å². The number of aryl methyl sites for hydroxylation is 1. The van der Waals surface area contributed by atoms with Crippen LogP contribution in [-0.2, 0) is 14.6 Å². The molecule has 1 aromatic rings. The maximum Gasteiger partial charge on any atom is 0.254 e. The molecule has 0 bridgehead atoms. The summed E-state index contributed by atoms with van der Waals surface area (Å²) in [6.45, 7) is 1.68. The Morgan fingerprint density at radius 2 is 1.95 bits per heavy atom. The number of hydrogen-bond acceptors (Lipinski definition) is 4. The van der Waals surface area contributed by atoms with E-state index in [2.05, 4.69) is 0 Å². The smallest absolute Gasteiger partial charge is 0.254 e. The molecule has 118 valence electrons. The molecule has 2 aliphatic rings. The number of benzene rings is 1. The fourth-order valence-electron chi connectivity index (χ4n) is 3.28. The summed E-state index contributed by atoms with van der Waals surface area (Å²) in [6.07, 6.45) is 2.61. The molecule has 2 N–H and O–H groups in total. The lowest BCUT2D eigenvalue weighted by Gasteiger charge is -2.25. The number of piperidine rings is 1. The van der Waals surface area contributed by atoms with Crippen LogP contribution in [0.15, 0.2) is 23.1 Å². The number of carbonyl (C=O) groups excluding carboxylic acids is 2. The number of nitrogens with two attached hydrogens (primary N) is 1. The normalized spacial score (nSPS) is 26.6. The van der Waals surface area contributed by atoms with Crippen molar-refractivity contribution >= 4 is 21.7 Å². The van der Waals surface area contributed by atoms with Gasteiger partial charge in [-0.1, -0.05) is 6.07 Å². The number of amides is 2. The van der Waals surface area contributed by atoms with Crippen molar-refractivity contribution in [1.29, 1.82) is 0 Å². The molecule has 0 spiro atoms. The molecule has 7 heteroatoms. The van der Waals surface area contributed by atoms with E-state index in [-0.39, 0.29) is 22.4 Å². The third-order valence-electron chi connectivity index (χ3n) is 4.50. The lowest BCUT2D eigenvalue weighted by atomic mass is 10.1. The number of carbonyl (C=O) groups is 2. The van der Waals surface area contributed by atoms with E-state index in [0.717, 1.165) is 12.7 Å². The summed E-state index contributed by atoms with van der Waals surface area (Å²) >= 11 is 0. The number of primary amides is 1. The highest BCUT2D eigenvalue weighted by molar-refractivity contribution is 7.90. The Morgan fingerprint density at radius 1 is 1.27 bits per heavy atom. The molecule has 1 saturated heterocycles. The van der Waals surface area contributed by atoms with Crippen LogP contribution >= 0.6 is 0 Å². The minimum atomic E-state index is -3.41. The van der Waals surface area contributed by atoms with Gasteiger partial charge in [-0.25, -0.2) is 8.42 Å². The van der Waals surface area contributed by atoms with E-state index in [0.29, 0.717) is 17.9 Å². The van der Waals surface area contributed by atoms with Gasteiger partial charge in [0.15, 0.2) is 9.84 Å². The minimum Gasteiger partial charge on any atom is -0.368 e. The number of nitrogens with zero attached hydrogens (tertiary/aromatic N) is 1. The monoisotopic (exact) mass is 322 g/mol. The molecule has 0 radical (unpaired) electrons. The van der Waals surface area contributed by atoms with Crippen LogP contribution in [0.4, 0.5) is 0 Å². The summed E-state index contributed by atoms with van der Waals surface area (Å²) in [7, 11) is -3.41. The van der Waals surface area contributed by atoms with Gasteiger partial charge < -0.3 is 10.6 Å². The first kappa shape index (κ1) is 15.0. The van der Waals surface area contributed by atoms with Crippen molar-refractivity contribution in [2.24, 2.45) is 11.7 Å². The molecule has 1 aliphatic carbocycles. The molecule has 3 atom stereocenters. The molecule has 0 aromatic heterocycles. The van der Waals surface area contributed by atoms with Gasteiger partial charge in [0.05, 0.1) is 4.90 Å². The second-order valence-electron chi connectivity index (χ2n) is 6.18. The Bertz CT molecular complexity index is 772. The summed E-state index contributed by atoms with van der Waals surface area (Å²) in [5.41, 5.74) is 6.26. The van der Waals surface area contributed by atoms with Crippen LogP contribution in [0.25, 0.3) is 0 Å². The van der Waals surface area contributed by atoms with Crippen molar-refractivity contribution in [2.75, 3.05) is 6.26 Å². The molecular weight excluding hydrogens is 304 g/mol. The predicted octanol–water partition coefficient (Wildman–Crippen LogP) is 0.487. The average Bonchev–Trinajstić information content (AvgIpc) is 3.08. The second kappa shape index (κ2) is 4.81. The maximum absolute atomic E-state index is 12.7. The quantitative estimate of drug-likeness (QED) is 0.875. The van der Waals surface area contributed by atoms with E-state index >= 15 is 0 Å². The molecule has 3 unspecified atom stereocenters. The van der Waals surface area contributed by atoms with Crippen molar-refractivity contribution in [3.63, 3.8) is 0 Å². The van der Waals surface area contributed by atoms with E-state index in [1.807, 2.05) is 0 Å². The number of hydrogen-bond donors (Lipinski definition) is 1. The summed E-state index contributed by atoms with van der Waals surface area (Å²) in [6, 6.07) is 4.08. The van der Waals surface area contributed by atoms with Crippen molar-refractivity contribution in [3.8, 4) is 0 Å². The fraction of sp³-hybridized carbons (Fsp3) is 0.467. The molecular formula is C15H18N2O4S. The highest BCUT2D eigenvalue weighted by Crippen LogP contribution is 2.48. The van der Waals surface area contributed by atoms with E-state index in [1.165, 1.54) is 11.0 Å². The molecule has 6 nitrogen and oxygen atoms in total. The standard InChI is InChI=1S/C15H18N2O4S/c1-8-3-4-9(7-13(8)22(2,20)21)15(19)17-11-5-10(11)6-12(17)14(16)18/h3-4,7,10-12H,5-6H2,1-2H3,(H2,16,18). The van der Waals surface area contributed by atoms with Crippen LogP contribution in [0.1, 0.15) is 28.8 Å². The number of sulfone groups is 1. The lowest BCUT2D eigenvalue weighted by Crippen LogP contribution is -2.46. The zero-order chi connectivity index (χ0) is 16.2. The zero-order valence-corrected chi connectivity index (χ0v) is 13.3. The Morgan fingerprint density at radius 3 is 2.55 bits per heavy atom. The molecule has 1 aliphatic heterocycles. The van der Waals surface area contributed by atoms with Gasteiger partial charge in [0, 0.05) is 17.9 Å². The van der Waals surface area contributed by atoms with Crippen molar-refractivity contribution < 1.29 is 18.0 Å². The van der Waals surface area contributed by atoms with Crippen molar-refractivity contribution in [3.05, 3.63) is 29.3 Å². The van der Waals surface area contributed by atoms with Gasteiger partial charge >= 0.3 is 0 Å². The Kier molecular flexibility index (Phi) is 3.28. The van der Waals surface area contributed by atoms with Gasteiger partial charge in [-0.05, 0) is 43.4 Å². The summed E-state index contributed by atoms with van der Waals surface area (Å²) in [4.78, 5) is 25.9. The average molecular weight is 322 g/mol. The maximum atomic E-state index is 12.7. The highest BCUT2D eigenvalue weighted by atomic mass is 32.2. The van der Waals surface area contributed by atoms with Crippen LogP contribution in [0, 0.1) is 12.8 Å². The molecule has 2 fully saturated rings. The van der Waals surface area contributed by atoms with E-state index in [4.69, 9.17) is 5.73 Å². The van der Waals surface area contributed by atoms with Crippen LogP contribution in [0.2, 0.25) is 0 Å². The van der Waals surface area contributed by atoms with Crippen LogP contribution in [0.3, 0.4) is 0 Å². The van der Waals surface area contributed by atoms with Gasteiger partial charge in [0.1, 0.15) is 6.04 Å². The minimum absolute atomic E-state index is 0.0630. The number of likely N-dealkylation sites (tertiary alicyclic amines) is 1. The van der Waals surface area contributed by atoms with Crippen LogP contribution in [-0.4, -0.2) is 43.5 Å². The number of fused-ring (bicyclic) bond motifs is 1. The largest absolute Gasteiger partial charge is 0.368 e. The molecule has 3 rings (SSSR count). The summed E-state index contributed by atoms with van der Waals surface area (Å²) in [5, 5.41) is 0. The Labute approximate surface area is 129 Å². The predicted molar refractivity (Wildman–Crippen MR) is 80.0 cm³/mol. The SMILES string of the molecule is Cc1ccc(C(=O)N2C(C(N)=O)CC3CC32)cc1S(C)(=O)=O. The first-order chi connectivity index (χ1) is 10.2. The summed E-state index contributed by atoms with van der Waals surface area (Å²) < 4.78 is 23.6. The topological polar surface area (TPSA) is 97.5 Å². The van der Waals surface area contributed by atoms with Crippen molar-refractivity contribution in [2.45, 2.75) is 36.7 Å². The highest BCUT2D eigenvalue weighted by Gasteiger charge is 2.55. The van der Waals surface area contributed by atoms with Gasteiger partial charge in [-0.15, -0.1) is 0 Å². The van der Waals surface area contributed by atoms with E-state index in [9.17, 15) is 18.0 Å². The third-order valence-corrected chi connectivity index (χ3v) is 5.74. The molecule has 1 heterocycles. The summed E-state index contributed by atoms with van der Waals surface area (Å²) in [5.74, 6) is -0.476. The van der Waals surface area contributed by atoms with Gasteiger partial charge in [0.2, 0.25) is 5.91 Å². The first-order valence-electron chi connectivity index (χ1n) is 7.13. The van der Waals surface area contributed by atoms with Gasteiger partial charge in [-0.3, -0.25) is 9.59 Å². The van der Waals surface area contributed by atoms with Crippen LogP contribution in [0.5, 0.6) is 0 Å². The zero-order valence-electron chi connectivity index (χ0n) is 12.4. The Balaban J connectivity index is 1.97. The molecule has 1 saturated carbocycles. The third kappa shape index (κ3) is 2.39. The Hall–Kier alpha value is -1.89. The van der Waals surface area contributed by atoms with Crippen molar-refractivity contribution in [1.82, 2.24) is 4.90 Å². The molecule has 22 heavy (non-hydrogen) atoms. The van der Waals surface area contributed by atoms with E-state index in [1.54, 1.807) is 19.1 Å². The second-order valence-corrected chi connectivity index (χ2v) is 8.17.